The summed E-state index contributed by atoms with van der Waals surface area (Å²) in [6.07, 6.45) is 1.29. The normalized spacial score (nSPS) is 12.4. The van der Waals surface area contributed by atoms with Gasteiger partial charge in [-0.1, -0.05) is 13.8 Å². The number of rotatable bonds is 10. The summed E-state index contributed by atoms with van der Waals surface area (Å²) in [5.74, 6) is 0. The molecule has 4 nitrogen and oxygen atoms in total. The Bertz CT molecular complexity index is 154. The third kappa shape index (κ3) is 6.43. The fourth-order valence-electron chi connectivity index (χ4n) is 1.46. The molecule has 0 saturated carbocycles. The molecule has 98 valence electrons. The SMILES string of the molecule is CCOC(CNCC(O)(CC)CC)OCC. The molecule has 0 amide bonds. The van der Waals surface area contributed by atoms with Crippen LogP contribution < -0.4 is 5.32 Å². The van der Waals surface area contributed by atoms with Crippen LogP contribution in [0.5, 0.6) is 0 Å². The highest BCUT2D eigenvalue weighted by Crippen LogP contribution is 2.12. The standard InChI is InChI=1S/C12H27NO3/c1-5-12(14,6-2)10-13-9-11(15-7-3)16-8-4/h11,13-14H,5-10H2,1-4H3. The molecular weight excluding hydrogens is 206 g/mol. The van der Waals surface area contributed by atoms with E-state index in [2.05, 4.69) is 5.32 Å². The average molecular weight is 233 g/mol. The van der Waals surface area contributed by atoms with E-state index in [1.807, 2.05) is 27.7 Å². The van der Waals surface area contributed by atoms with E-state index in [-0.39, 0.29) is 6.29 Å². The van der Waals surface area contributed by atoms with Crippen LogP contribution in [-0.2, 0) is 9.47 Å². The fraction of sp³-hybridized carbons (Fsp3) is 1.00. The quantitative estimate of drug-likeness (QED) is 0.562. The van der Waals surface area contributed by atoms with Crippen molar-refractivity contribution in [1.82, 2.24) is 5.32 Å². The van der Waals surface area contributed by atoms with Crippen molar-refractivity contribution in [3.8, 4) is 0 Å². The van der Waals surface area contributed by atoms with Crippen LogP contribution in [0.4, 0.5) is 0 Å². The van der Waals surface area contributed by atoms with Gasteiger partial charge in [0.05, 0.1) is 5.60 Å². The first-order valence-corrected chi connectivity index (χ1v) is 6.28. The van der Waals surface area contributed by atoms with Gasteiger partial charge in [-0.25, -0.2) is 0 Å². The second-order valence-corrected chi connectivity index (χ2v) is 3.90. The molecule has 0 aromatic rings. The molecule has 0 aromatic carbocycles. The van der Waals surface area contributed by atoms with E-state index in [0.29, 0.717) is 26.3 Å². The predicted molar refractivity (Wildman–Crippen MR) is 65.4 cm³/mol. The lowest BCUT2D eigenvalue weighted by Crippen LogP contribution is -2.43. The average Bonchev–Trinajstić information content (AvgIpc) is 2.29. The summed E-state index contributed by atoms with van der Waals surface area (Å²) in [4.78, 5) is 0. The molecule has 0 rings (SSSR count). The van der Waals surface area contributed by atoms with Crippen LogP contribution in [0.15, 0.2) is 0 Å². The van der Waals surface area contributed by atoms with Crippen molar-refractivity contribution in [3.05, 3.63) is 0 Å². The lowest BCUT2D eigenvalue weighted by Gasteiger charge is -2.26. The van der Waals surface area contributed by atoms with Crippen LogP contribution in [0, 0.1) is 0 Å². The molecule has 0 aliphatic heterocycles. The third-order valence-corrected chi connectivity index (χ3v) is 2.79. The van der Waals surface area contributed by atoms with Crippen molar-refractivity contribution in [2.45, 2.75) is 52.4 Å². The van der Waals surface area contributed by atoms with Crippen LogP contribution >= 0.6 is 0 Å². The van der Waals surface area contributed by atoms with Crippen LogP contribution in [0.2, 0.25) is 0 Å². The Morgan fingerprint density at radius 1 is 1.06 bits per heavy atom. The molecule has 2 N–H and O–H groups in total. The van der Waals surface area contributed by atoms with Gasteiger partial charge in [0.25, 0.3) is 0 Å². The number of aliphatic hydroxyl groups is 1. The molecule has 0 unspecified atom stereocenters. The maximum absolute atomic E-state index is 10.1. The summed E-state index contributed by atoms with van der Waals surface area (Å²) in [6, 6.07) is 0. The maximum atomic E-state index is 10.1. The van der Waals surface area contributed by atoms with E-state index in [4.69, 9.17) is 9.47 Å². The zero-order valence-electron chi connectivity index (χ0n) is 11.1. The molecular formula is C12H27NO3. The molecule has 0 bridgehead atoms. The van der Waals surface area contributed by atoms with Gasteiger partial charge in [-0.2, -0.15) is 0 Å². The number of nitrogens with one attached hydrogen (secondary N) is 1. The highest BCUT2D eigenvalue weighted by molar-refractivity contribution is 4.77. The van der Waals surface area contributed by atoms with Crippen molar-refractivity contribution < 1.29 is 14.6 Å². The van der Waals surface area contributed by atoms with Gasteiger partial charge in [-0.15, -0.1) is 0 Å². The summed E-state index contributed by atoms with van der Waals surface area (Å²) in [6.45, 7) is 10.3. The zero-order valence-corrected chi connectivity index (χ0v) is 11.1. The monoisotopic (exact) mass is 233 g/mol. The van der Waals surface area contributed by atoms with Crippen LogP contribution in [0.1, 0.15) is 40.5 Å². The Morgan fingerprint density at radius 3 is 1.94 bits per heavy atom. The maximum Gasteiger partial charge on any atom is 0.169 e. The highest BCUT2D eigenvalue weighted by Gasteiger charge is 2.21. The van der Waals surface area contributed by atoms with E-state index >= 15 is 0 Å². The van der Waals surface area contributed by atoms with Crippen molar-refractivity contribution in [3.63, 3.8) is 0 Å². The molecule has 0 radical (unpaired) electrons. The van der Waals surface area contributed by atoms with Gasteiger partial charge in [0, 0.05) is 26.3 Å². The second kappa shape index (κ2) is 8.93. The van der Waals surface area contributed by atoms with E-state index < -0.39 is 5.60 Å². The van der Waals surface area contributed by atoms with E-state index in [9.17, 15) is 5.11 Å². The first kappa shape index (κ1) is 15.8. The number of hydrogen-bond acceptors (Lipinski definition) is 4. The first-order valence-electron chi connectivity index (χ1n) is 6.28. The molecule has 0 heterocycles. The summed E-state index contributed by atoms with van der Waals surface area (Å²) in [7, 11) is 0. The largest absolute Gasteiger partial charge is 0.389 e. The smallest absolute Gasteiger partial charge is 0.169 e. The topological polar surface area (TPSA) is 50.7 Å². The Morgan fingerprint density at radius 2 is 1.56 bits per heavy atom. The van der Waals surface area contributed by atoms with Crippen molar-refractivity contribution in [2.24, 2.45) is 0 Å². The minimum Gasteiger partial charge on any atom is -0.389 e. The fourth-order valence-corrected chi connectivity index (χ4v) is 1.46. The Labute approximate surface area is 99.3 Å². The third-order valence-electron chi connectivity index (χ3n) is 2.79. The Hall–Kier alpha value is -0.160. The van der Waals surface area contributed by atoms with Crippen LogP contribution in [0.3, 0.4) is 0 Å². The van der Waals surface area contributed by atoms with Gasteiger partial charge in [0.1, 0.15) is 0 Å². The second-order valence-electron chi connectivity index (χ2n) is 3.90. The summed E-state index contributed by atoms with van der Waals surface area (Å²) in [5, 5.41) is 13.3. The summed E-state index contributed by atoms with van der Waals surface area (Å²) >= 11 is 0. The molecule has 0 fully saturated rings. The molecule has 0 spiro atoms. The van der Waals surface area contributed by atoms with Gasteiger partial charge in [0.15, 0.2) is 6.29 Å². The molecule has 0 aliphatic rings. The van der Waals surface area contributed by atoms with Crippen molar-refractivity contribution in [1.29, 1.82) is 0 Å². The van der Waals surface area contributed by atoms with Gasteiger partial charge in [-0.05, 0) is 26.7 Å². The minimum atomic E-state index is -0.608. The molecule has 0 aliphatic carbocycles. The van der Waals surface area contributed by atoms with Crippen LogP contribution in [0.25, 0.3) is 0 Å². The Balaban J connectivity index is 3.83. The Kier molecular flexibility index (Phi) is 8.84. The van der Waals surface area contributed by atoms with E-state index in [1.54, 1.807) is 0 Å². The predicted octanol–water partition coefficient (Wildman–Crippen LogP) is 1.53. The summed E-state index contributed by atoms with van der Waals surface area (Å²) < 4.78 is 10.8. The van der Waals surface area contributed by atoms with Gasteiger partial charge < -0.3 is 19.9 Å². The molecule has 4 heteroatoms. The summed E-state index contributed by atoms with van der Waals surface area (Å²) in [5.41, 5.74) is -0.608. The minimum absolute atomic E-state index is 0.215. The molecule has 16 heavy (non-hydrogen) atoms. The zero-order chi connectivity index (χ0) is 12.4. The lowest BCUT2D eigenvalue weighted by molar-refractivity contribution is -0.134. The van der Waals surface area contributed by atoms with Gasteiger partial charge >= 0.3 is 0 Å². The first-order chi connectivity index (χ1) is 7.61. The molecule has 0 atom stereocenters. The van der Waals surface area contributed by atoms with Crippen LogP contribution in [-0.4, -0.2) is 43.3 Å². The molecule has 0 aromatic heterocycles. The van der Waals surface area contributed by atoms with Gasteiger partial charge in [-0.3, -0.25) is 0 Å². The van der Waals surface area contributed by atoms with E-state index in [0.717, 1.165) is 12.8 Å². The van der Waals surface area contributed by atoms with Crippen molar-refractivity contribution >= 4 is 0 Å². The molecule has 0 saturated heterocycles. The number of hydrogen-bond donors (Lipinski definition) is 2. The number of ether oxygens (including phenoxy) is 2. The van der Waals surface area contributed by atoms with Crippen molar-refractivity contribution in [2.75, 3.05) is 26.3 Å². The van der Waals surface area contributed by atoms with Gasteiger partial charge in [0.2, 0.25) is 0 Å². The lowest BCUT2D eigenvalue weighted by atomic mass is 9.98. The highest BCUT2D eigenvalue weighted by atomic mass is 16.7. The van der Waals surface area contributed by atoms with E-state index in [1.165, 1.54) is 0 Å².